The van der Waals surface area contributed by atoms with Crippen LogP contribution in [-0.4, -0.2) is 69.1 Å². The first-order valence-corrected chi connectivity index (χ1v) is 6.34. The maximum absolute atomic E-state index is 11.4. The van der Waals surface area contributed by atoms with Crippen molar-refractivity contribution in [3.05, 3.63) is 0 Å². The summed E-state index contributed by atoms with van der Waals surface area (Å²) in [6.07, 6.45) is 1.59. The van der Waals surface area contributed by atoms with Gasteiger partial charge >= 0.3 is 0 Å². The molecule has 5 heteroatoms. The van der Waals surface area contributed by atoms with Gasteiger partial charge in [-0.15, -0.1) is 0 Å². The van der Waals surface area contributed by atoms with Gasteiger partial charge in [-0.2, -0.15) is 0 Å². The Kier molecular flexibility index (Phi) is 9.03. The van der Waals surface area contributed by atoms with Crippen molar-refractivity contribution < 1.29 is 4.79 Å². The summed E-state index contributed by atoms with van der Waals surface area (Å²) in [6.45, 7) is 5.64. The molecule has 1 amide bonds. The summed E-state index contributed by atoms with van der Waals surface area (Å²) < 4.78 is 0. The molecule has 3 N–H and O–H groups in total. The molecule has 1 unspecified atom stereocenters. The minimum absolute atomic E-state index is 0.0616. The van der Waals surface area contributed by atoms with Crippen LogP contribution < -0.4 is 11.1 Å². The van der Waals surface area contributed by atoms with Gasteiger partial charge in [0, 0.05) is 26.1 Å². The largest absolute Gasteiger partial charge is 0.359 e. The highest BCUT2D eigenvalue weighted by atomic mass is 16.1. The Morgan fingerprint density at radius 1 is 1.35 bits per heavy atom. The molecule has 0 aliphatic rings. The van der Waals surface area contributed by atoms with E-state index in [4.69, 9.17) is 5.73 Å². The number of carbonyl (C=O) groups is 1. The third kappa shape index (κ3) is 7.31. The molecule has 0 saturated heterocycles. The molecule has 0 heterocycles. The number of rotatable bonds is 9. The van der Waals surface area contributed by atoms with Crippen molar-refractivity contribution >= 4 is 5.91 Å². The summed E-state index contributed by atoms with van der Waals surface area (Å²) >= 11 is 0. The predicted octanol–water partition coefficient (Wildman–Crippen LogP) is -0.277. The van der Waals surface area contributed by atoms with Gasteiger partial charge < -0.3 is 16.0 Å². The van der Waals surface area contributed by atoms with Crippen molar-refractivity contribution in [3.8, 4) is 0 Å². The molecule has 0 aliphatic heterocycles. The SMILES string of the molecule is CCN(CCCN(C)C)C(CN)CC(=O)NC. The number of hydrogen-bond acceptors (Lipinski definition) is 4. The first-order chi connectivity index (χ1) is 8.04. The van der Waals surface area contributed by atoms with Crippen molar-refractivity contribution in [3.63, 3.8) is 0 Å². The van der Waals surface area contributed by atoms with Gasteiger partial charge in [-0.1, -0.05) is 6.92 Å². The molecule has 0 aromatic rings. The van der Waals surface area contributed by atoms with E-state index in [1.807, 2.05) is 0 Å². The van der Waals surface area contributed by atoms with Crippen LogP contribution in [0.15, 0.2) is 0 Å². The summed E-state index contributed by atoms with van der Waals surface area (Å²) in [5.41, 5.74) is 5.75. The van der Waals surface area contributed by atoms with Crippen LogP contribution in [-0.2, 0) is 4.79 Å². The van der Waals surface area contributed by atoms with Crippen LogP contribution in [0.3, 0.4) is 0 Å². The first kappa shape index (κ1) is 16.4. The number of likely N-dealkylation sites (N-methyl/N-ethyl adjacent to an activating group) is 1. The molecule has 0 rings (SSSR count). The highest BCUT2D eigenvalue weighted by Crippen LogP contribution is 2.04. The molecule has 0 fully saturated rings. The standard InChI is InChI=1S/C12H28N4O/c1-5-16(8-6-7-15(3)4)11(10-13)9-12(17)14-2/h11H,5-10,13H2,1-4H3,(H,14,17). The summed E-state index contributed by atoms with van der Waals surface area (Å²) in [7, 11) is 5.81. The highest BCUT2D eigenvalue weighted by molar-refractivity contribution is 5.76. The molecule has 0 aromatic heterocycles. The van der Waals surface area contributed by atoms with Gasteiger partial charge in [0.05, 0.1) is 0 Å². The van der Waals surface area contributed by atoms with Gasteiger partial charge in [-0.3, -0.25) is 9.69 Å². The summed E-state index contributed by atoms with van der Waals surface area (Å²) in [5, 5.41) is 2.65. The fourth-order valence-electron chi connectivity index (χ4n) is 1.87. The van der Waals surface area contributed by atoms with Crippen molar-refractivity contribution in [1.82, 2.24) is 15.1 Å². The lowest BCUT2D eigenvalue weighted by Crippen LogP contribution is -2.44. The Bertz CT molecular complexity index is 209. The number of nitrogens with one attached hydrogen (secondary N) is 1. The second-order valence-corrected chi connectivity index (χ2v) is 4.55. The van der Waals surface area contributed by atoms with Crippen molar-refractivity contribution in [1.29, 1.82) is 0 Å². The average molecular weight is 244 g/mol. The minimum atomic E-state index is 0.0616. The molecule has 1 atom stereocenters. The molecular formula is C12H28N4O. The molecule has 17 heavy (non-hydrogen) atoms. The Labute approximate surface area is 105 Å². The second-order valence-electron chi connectivity index (χ2n) is 4.55. The van der Waals surface area contributed by atoms with Gasteiger partial charge in [0.25, 0.3) is 0 Å². The molecule has 0 saturated carbocycles. The fourth-order valence-corrected chi connectivity index (χ4v) is 1.87. The Morgan fingerprint density at radius 2 is 2.00 bits per heavy atom. The van der Waals surface area contributed by atoms with Crippen LogP contribution in [0.25, 0.3) is 0 Å². The number of amides is 1. The lowest BCUT2D eigenvalue weighted by atomic mass is 10.1. The average Bonchev–Trinajstić information content (AvgIpc) is 2.31. The zero-order chi connectivity index (χ0) is 13.3. The Balaban J connectivity index is 4.13. The maximum Gasteiger partial charge on any atom is 0.221 e. The van der Waals surface area contributed by atoms with Crippen LogP contribution in [0.2, 0.25) is 0 Å². The van der Waals surface area contributed by atoms with E-state index in [0.29, 0.717) is 13.0 Å². The minimum Gasteiger partial charge on any atom is -0.359 e. The summed E-state index contributed by atoms with van der Waals surface area (Å²) in [5.74, 6) is 0.0616. The second kappa shape index (κ2) is 9.39. The van der Waals surface area contributed by atoms with E-state index < -0.39 is 0 Å². The normalized spacial score (nSPS) is 13.1. The number of hydrogen-bond donors (Lipinski definition) is 2. The van der Waals surface area contributed by atoms with Gasteiger partial charge in [0.1, 0.15) is 0 Å². The van der Waals surface area contributed by atoms with E-state index in [2.05, 4.69) is 36.1 Å². The molecule has 0 spiro atoms. The van der Waals surface area contributed by atoms with E-state index in [0.717, 1.165) is 26.1 Å². The quantitative estimate of drug-likeness (QED) is 0.586. The molecule has 0 aliphatic carbocycles. The maximum atomic E-state index is 11.4. The molecule has 0 radical (unpaired) electrons. The zero-order valence-electron chi connectivity index (χ0n) is 11.7. The van der Waals surface area contributed by atoms with Crippen LogP contribution >= 0.6 is 0 Å². The van der Waals surface area contributed by atoms with Crippen molar-refractivity contribution in [2.45, 2.75) is 25.8 Å². The summed E-state index contributed by atoms with van der Waals surface area (Å²) in [6, 6.07) is 0.155. The smallest absolute Gasteiger partial charge is 0.221 e. The van der Waals surface area contributed by atoms with Crippen LogP contribution in [0.1, 0.15) is 19.8 Å². The number of nitrogens with zero attached hydrogens (tertiary/aromatic N) is 2. The van der Waals surface area contributed by atoms with E-state index in [9.17, 15) is 4.79 Å². The fraction of sp³-hybridized carbons (Fsp3) is 0.917. The monoisotopic (exact) mass is 244 g/mol. The van der Waals surface area contributed by atoms with Gasteiger partial charge in [-0.05, 0) is 40.2 Å². The molecule has 5 nitrogen and oxygen atoms in total. The molecule has 0 aromatic carbocycles. The van der Waals surface area contributed by atoms with E-state index in [1.54, 1.807) is 7.05 Å². The third-order valence-corrected chi connectivity index (χ3v) is 2.95. The zero-order valence-corrected chi connectivity index (χ0v) is 11.7. The van der Waals surface area contributed by atoms with Gasteiger partial charge in [0.2, 0.25) is 5.91 Å². The molecular weight excluding hydrogens is 216 g/mol. The van der Waals surface area contributed by atoms with Crippen molar-refractivity contribution in [2.24, 2.45) is 5.73 Å². The first-order valence-electron chi connectivity index (χ1n) is 6.34. The Hall–Kier alpha value is -0.650. The summed E-state index contributed by atoms with van der Waals surface area (Å²) in [4.78, 5) is 15.8. The van der Waals surface area contributed by atoms with Crippen LogP contribution in [0, 0.1) is 0 Å². The van der Waals surface area contributed by atoms with Gasteiger partial charge in [0.15, 0.2) is 0 Å². The lowest BCUT2D eigenvalue weighted by Gasteiger charge is -2.29. The molecule has 102 valence electrons. The Morgan fingerprint density at radius 3 is 2.41 bits per heavy atom. The molecule has 0 bridgehead atoms. The topological polar surface area (TPSA) is 61.6 Å². The number of carbonyl (C=O) groups excluding carboxylic acids is 1. The van der Waals surface area contributed by atoms with Crippen LogP contribution in [0.5, 0.6) is 0 Å². The van der Waals surface area contributed by atoms with E-state index in [1.165, 1.54) is 0 Å². The van der Waals surface area contributed by atoms with E-state index in [-0.39, 0.29) is 11.9 Å². The van der Waals surface area contributed by atoms with Crippen LogP contribution in [0.4, 0.5) is 0 Å². The lowest BCUT2D eigenvalue weighted by molar-refractivity contribution is -0.121. The third-order valence-electron chi connectivity index (χ3n) is 2.95. The van der Waals surface area contributed by atoms with E-state index >= 15 is 0 Å². The number of nitrogens with two attached hydrogens (primary N) is 1. The van der Waals surface area contributed by atoms with Gasteiger partial charge in [-0.25, -0.2) is 0 Å². The predicted molar refractivity (Wildman–Crippen MR) is 71.9 cm³/mol. The highest BCUT2D eigenvalue weighted by Gasteiger charge is 2.18. The van der Waals surface area contributed by atoms with Crippen molar-refractivity contribution in [2.75, 3.05) is 47.3 Å².